The molecule has 1 fully saturated rings. The van der Waals surface area contributed by atoms with Gasteiger partial charge in [-0.3, -0.25) is 4.98 Å². The van der Waals surface area contributed by atoms with E-state index < -0.39 is 0 Å². The van der Waals surface area contributed by atoms with E-state index in [0.29, 0.717) is 6.04 Å². The van der Waals surface area contributed by atoms with Gasteiger partial charge in [-0.25, -0.2) is 0 Å². The molecule has 2 aromatic rings. The van der Waals surface area contributed by atoms with Gasteiger partial charge in [0.15, 0.2) is 0 Å². The van der Waals surface area contributed by atoms with Crippen molar-refractivity contribution in [1.82, 2.24) is 10.3 Å². The third-order valence-corrected chi connectivity index (χ3v) is 4.05. The van der Waals surface area contributed by atoms with Crippen LogP contribution in [-0.4, -0.2) is 17.6 Å². The summed E-state index contributed by atoms with van der Waals surface area (Å²) in [6, 6.07) is 11.4. The smallest absolute Gasteiger partial charge is 0.0487 e. The molecule has 3 nitrogen and oxygen atoms in total. The Morgan fingerprint density at radius 1 is 1.19 bits per heavy atom. The van der Waals surface area contributed by atoms with E-state index in [1.807, 2.05) is 12.4 Å². The molecule has 0 spiro atoms. The number of hydrogen-bond donors (Lipinski definition) is 1. The largest absolute Gasteiger partial charge is 0.341 e. The highest BCUT2D eigenvalue weighted by atomic mass is 15.1. The molecule has 0 aliphatic heterocycles. The summed E-state index contributed by atoms with van der Waals surface area (Å²) >= 11 is 0. The van der Waals surface area contributed by atoms with Gasteiger partial charge in [-0.15, -0.1) is 0 Å². The van der Waals surface area contributed by atoms with E-state index in [9.17, 15) is 0 Å². The van der Waals surface area contributed by atoms with E-state index >= 15 is 0 Å². The maximum absolute atomic E-state index is 4.31. The summed E-state index contributed by atoms with van der Waals surface area (Å²) in [6.45, 7) is 6.22. The van der Waals surface area contributed by atoms with Gasteiger partial charge in [0.2, 0.25) is 0 Å². The van der Waals surface area contributed by atoms with Crippen molar-refractivity contribution < 1.29 is 0 Å². The van der Waals surface area contributed by atoms with Crippen LogP contribution in [0.5, 0.6) is 0 Å². The fraction of sp³-hybridized carbons (Fsp3) is 0.389. The molecule has 0 radical (unpaired) electrons. The standard InChI is InChI=1S/C18H23N3/c1-3-21(17-7-5-4-6-14(17)2)18-10-11-19-12-15(18)13-20-16-8-9-16/h4-7,10-12,16,20H,3,8-9,13H2,1-2H3. The van der Waals surface area contributed by atoms with Crippen LogP contribution in [0.1, 0.15) is 30.9 Å². The molecule has 21 heavy (non-hydrogen) atoms. The minimum Gasteiger partial charge on any atom is -0.341 e. The number of rotatable bonds is 6. The highest BCUT2D eigenvalue weighted by Crippen LogP contribution is 2.30. The summed E-state index contributed by atoms with van der Waals surface area (Å²) in [5, 5.41) is 3.59. The predicted molar refractivity (Wildman–Crippen MR) is 88.0 cm³/mol. The molecule has 0 bridgehead atoms. The maximum atomic E-state index is 4.31. The van der Waals surface area contributed by atoms with E-state index in [2.05, 4.69) is 59.4 Å². The Balaban J connectivity index is 1.91. The monoisotopic (exact) mass is 281 g/mol. The highest BCUT2D eigenvalue weighted by Gasteiger charge is 2.21. The molecule has 3 heteroatoms. The number of nitrogens with zero attached hydrogens (tertiary/aromatic N) is 2. The number of anilines is 2. The van der Waals surface area contributed by atoms with E-state index in [4.69, 9.17) is 0 Å². The van der Waals surface area contributed by atoms with Gasteiger partial charge in [-0.2, -0.15) is 0 Å². The van der Waals surface area contributed by atoms with Crippen molar-refractivity contribution in [2.45, 2.75) is 39.3 Å². The molecule has 1 saturated carbocycles. The average molecular weight is 281 g/mol. The van der Waals surface area contributed by atoms with Gasteiger partial charge >= 0.3 is 0 Å². The summed E-state index contributed by atoms with van der Waals surface area (Å²) in [5.74, 6) is 0. The maximum Gasteiger partial charge on any atom is 0.0487 e. The van der Waals surface area contributed by atoms with Crippen molar-refractivity contribution >= 4 is 11.4 Å². The fourth-order valence-corrected chi connectivity index (χ4v) is 2.70. The van der Waals surface area contributed by atoms with Gasteiger partial charge in [-0.1, -0.05) is 18.2 Å². The molecule has 1 N–H and O–H groups in total. The molecule has 0 unspecified atom stereocenters. The summed E-state index contributed by atoms with van der Waals surface area (Å²) in [6.07, 6.45) is 6.50. The lowest BCUT2D eigenvalue weighted by molar-refractivity contribution is 0.685. The van der Waals surface area contributed by atoms with Crippen LogP contribution in [0.3, 0.4) is 0 Å². The van der Waals surface area contributed by atoms with E-state index in [0.717, 1.165) is 13.1 Å². The third-order valence-electron chi connectivity index (χ3n) is 4.05. The van der Waals surface area contributed by atoms with Crippen LogP contribution in [0, 0.1) is 6.92 Å². The van der Waals surface area contributed by atoms with Crippen LogP contribution in [-0.2, 0) is 6.54 Å². The number of benzene rings is 1. The number of aromatic nitrogens is 1. The second-order valence-electron chi connectivity index (χ2n) is 5.69. The van der Waals surface area contributed by atoms with Crippen LogP contribution in [0.15, 0.2) is 42.7 Å². The highest BCUT2D eigenvalue weighted by molar-refractivity contribution is 5.68. The van der Waals surface area contributed by atoms with Gasteiger partial charge in [0, 0.05) is 48.5 Å². The third kappa shape index (κ3) is 3.24. The zero-order valence-corrected chi connectivity index (χ0v) is 12.8. The molecular formula is C18H23N3. The average Bonchev–Trinajstić information content (AvgIpc) is 3.33. The lowest BCUT2D eigenvalue weighted by atomic mass is 10.1. The van der Waals surface area contributed by atoms with E-state index in [1.54, 1.807) is 0 Å². The molecule has 110 valence electrons. The van der Waals surface area contributed by atoms with Crippen LogP contribution >= 0.6 is 0 Å². The lowest BCUT2D eigenvalue weighted by Crippen LogP contribution is -2.22. The minimum absolute atomic E-state index is 0.714. The summed E-state index contributed by atoms with van der Waals surface area (Å²) in [5.41, 5.74) is 5.11. The van der Waals surface area contributed by atoms with Crippen molar-refractivity contribution in [2.24, 2.45) is 0 Å². The Hall–Kier alpha value is -1.87. The summed E-state index contributed by atoms with van der Waals surface area (Å²) in [7, 11) is 0. The van der Waals surface area contributed by atoms with Crippen LogP contribution in [0.25, 0.3) is 0 Å². The SMILES string of the molecule is CCN(c1ccccc1C)c1ccncc1CNC1CC1. The molecule has 0 amide bonds. The fourth-order valence-electron chi connectivity index (χ4n) is 2.70. The number of nitrogens with one attached hydrogen (secondary N) is 1. The Morgan fingerprint density at radius 2 is 2.00 bits per heavy atom. The van der Waals surface area contributed by atoms with Gasteiger partial charge in [0.1, 0.15) is 0 Å². The van der Waals surface area contributed by atoms with E-state index in [1.165, 1.54) is 35.3 Å². The molecule has 1 aliphatic rings. The Bertz CT molecular complexity index is 605. The minimum atomic E-state index is 0.714. The second-order valence-corrected chi connectivity index (χ2v) is 5.69. The Morgan fingerprint density at radius 3 is 2.71 bits per heavy atom. The van der Waals surface area contributed by atoms with Crippen molar-refractivity contribution in [3.05, 3.63) is 53.9 Å². The molecule has 1 aliphatic carbocycles. The first kappa shape index (κ1) is 14.1. The van der Waals surface area contributed by atoms with Gasteiger partial charge in [-0.05, 0) is 44.4 Å². The van der Waals surface area contributed by atoms with Crippen LogP contribution in [0.2, 0.25) is 0 Å². The zero-order valence-electron chi connectivity index (χ0n) is 12.8. The van der Waals surface area contributed by atoms with Gasteiger partial charge < -0.3 is 10.2 Å². The number of hydrogen-bond acceptors (Lipinski definition) is 3. The number of aryl methyl sites for hydroxylation is 1. The topological polar surface area (TPSA) is 28.2 Å². The van der Waals surface area contributed by atoms with Gasteiger partial charge in [0.25, 0.3) is 0 Å². The summed E-state index contributed by atoms with van der Waals surface area (Å²) in [4.78, 5) is 6.69. The molecule has 0 atom stereocenters. The molecule has 3 rings (SSSR count). The molecule has 1 aromatic heterocycles. The van der Waals surface area contributed by atoms with E-state index in [-0.39, 0.29) is 0 Å². The molecule has 1 heterocycles. The predicted octanol–water partition coefficient (Wildman–Crippen LogP) is 3.80. The first-order chi connectivity index (χ1) is 10.3. The van der Waals surface area contributed by atoms with Crippen molar-refractivity contribution in [1.29, 1.82) is 0 Å². The Kier molecular flexibility index (Phi) is 4.20. The first-order valence-corrected chi connectivity index (χ1v) is 7.79. The first-order valence-electron chi connectivity index (χ1n) is 7.79. The lowest BCUT2D eigenvalue weighted by Gasteiger charge is -2.27. The molecule has 1 aromatic carbocycles. The van der Waals surface area contributed by atoms with Crippen molar-refractivity contribution in [3.8, 4) is 0 Å². The molecular weight excluding hydrogens is 258 g/mol. The quantitative estimate of drug-likeness (QED) is 0.873. The summed E-state index contributed by atoms with van der Waals surface area (Å²) < 4.78 is 0. The van der Waals surface area contributed by atoms with Crippen molar-refractivity contribution in [3.63, 3.8) is 0 Å². The number of para-hydroxylation sites is 1. The Labute approximate surface area is 127 Å². The second kappa shape index (κ2) is 6.27. The zero-order chi connectivity index (χ0) is 14.7. The molecule has 0 saturated heterocycles. The number of pyridine rings is 1. The van der Waals surface area contributed by atoms with Crippen LogP contribution in [0.4, 0.5) is 11.4 Å². The van der Waals surface area contributed by atoms with Crippen molar-refractivity contribution in [2.75, 3.05) is 11.4 Å². The van der Waals surface area contributed by atoms with Crippen LogP contribution < -0.4 is 10.2 Å². The normalized spacial score (nSPS) is 14.2. The van der Waals surface area contributed by atoms with Gasteiger partial charge in [0.05, 0.1) is 0 Å².